The highest BCUT2D eigenvalue weighted by atomic mass is 19.1. The number of carbonyl (C=O) groups excluding carboxylic acids is 2. The molecule has 39 heavy (non-hydrogen) atoms. The van der Waals surface area contributed by atoms with Crippen molar-refractivity contribution in [3.05, 3.63) is 126 Å². The van der Waals surface area contributed by atoms with Crippen molar-refractivity contribution in [3.8, 4) is 0 Å². The lowest BCUT2D eigenvalue weighted by molar-refractivity contribution is -0.110. The summed E-state index contributed by atoms with van der Waals surface area (Å²) in [5, 5.41) is 6.19. The fourth-order valence-corrected chi connectivity index (χ4v) is 4.53. The van der Waals surface area contributed by atoms with E-state index in [0.29, 0.717) is 41.2 Å². The molecule has 2 N–H and O–H groups in total. The highest BCUT2D eigenvalue weighted by molar-refractivity contribution is 6.37. The first-order chi connectivity index (χ1) is 18.9. The number of nitrogens with zero attached hydrogens (tertiary/aromatic N) is 2. The van der Waals surface area contributed by atoms with Gasteiger partial charge in [0.05, 0.1) is 17.0 Å². The number of likely N-dealkylation sites (N-methyl/N-ethyl adjacent to an activating group) is 1. The minimum Gasteiger partial charge on any atom is -0.354 e. The van der Waals surface area contributed by atoms with Crippen LogP contribution in [0.3, 0.4) is 0 Å². The molecule has 1 aliphatic rings. The second-order valence-corrected chi connectivity index (χ2v) is 9.56. The van der Waals surface area contributed by atoms with Crippen LogP contribution in [0.4, 0.5) is 21.5 Å². The van der Waals surface area contributed by atoms with Gasteiger partial charge in [0.1, 0.15) is 5.82 Å². The van der Waals surface area contributed by atoms with Crippen LogP contribution in [0, 0.1) is 5.82 Å². The third kappa shape index (κ3) is 5.73. The first-order valence-electron chi connectivity index (χ1n) is 12.7. The molecule has 7 heteroatoms. The number of amides is 2. The Hall–Kier alpha value is -4.75. The Bertz CT molecular complexity index is 1520. The summed E-state index contributed by atoms with van der Waals surface area (Å²) in [7, 11) is 3.95. The van der Waals surface area contributed by atoms with Crippen LogP contribution >= 0.6 is 0 Å². The molecule has 0 aromatic heterocycles. The molecule has 2 amide bonds. The molecule has 4 aromatic carbocycles. The van der Waals surface area contributed by atoms with Crippen molar-refractivity contribution in [2.45, 2.75) is 0 Å². The highest BCUT2D eigenvalue weighted by Crippen LogP contribution is 2.38. The number of hydrogen-bond acceptors (Lipinski definition) is 4. The molecule has 0 saturated carbocycles. The lowest BCUT2D eigenvalue weighted by Gasteiger charge is -2.25. The summed E-state index contributed by atoms with van der Waals surface area (Å²) < 4.78 is 13.8. The van der Waals surface area contributed by atoms with Gasteiger partial charge in [0.15, 0.2) is 0 Å². The lowest BCUT2D eigenvalue weighted by Crippen LogP contribution is -2.36. The molecule has 196 valence electrons. The third-order valence-electron chi connectivity index (χ3n) is 6.52. The van der Waals surface area contributed by atoms with E-state index in [4.69, 9.17) is 0 Å². The maximum Gasteiger partial charge on any atom is 0.258 e. The molecule has 1 heterocycles. The van der Waals surface area contributed by atoms with Gasteiger partial charge in [0.2, 0.25) is 0 Å². The predicted octanol–water partition coefficient (Wildman–Crippen LogP) is 5.97. The zero-order valence-electron chi connectivity index (χ0n) is 21.8. The monoisotopic (exact) mass is 520 g/mol. The van der Waals surface area contributed by atoms with E-state index in [1.54, 1.807) is 11.0 Å². The van der Waals surface area contributed by atoms with Gasteiger partial charge >= 0.3 is 0 Å². The second kappa shape index (κ2) is 11.3. The molecule has 0 fully saturated rings. The second-order valence-electron chi connectivity index (χ2n) is 9.56. The largest absolute Gasteiger partial charge is 0.354 e. The van der Waals surface area contributed by atoms with Crippen LogP contribution in [0.2, 0.25) is 0 Å². The Morgan fingerprint density at radius 1 is 0.821 bits per heavy atom. The topological polar surface area (TPSA) is 64.7 Å². The summed E-state index contributed by atoms with van der Waals surface area (Å²) in [6.07, 6.45) is 0. The van der Waals surface area contributed by atoms with Crippen molar-refractivity contribution >= 4 is 40.1 Å². The van der Waals surface area contributed by atoms with E-state index in [1.807, 2.05) is 104 Å². The summed E-state index contributed by atoms with van der Waals surface area (Å²) in [5.41, 5.74) is 5.07. The normalized spacial score (nSPS) is 13.6. The van der Waals surface area contributed by atoms with Crippen LogP contribution in [-0.4, -0.2) is 43.9 Å². The van der Waals surface area contributed by atoms with Gasteiger partial charge in [0.25, 0.3) is 11.8 Å². The van der Waals surface area contributed by atoms with E-state index in [1.165, 1.54) is 12.1 Å². The van der Waals surface area contributed by atoms with Crippen molar-refractivity contribution in [2.24, 2.45) is 0 Å². The van der Waals surface area contributed by atoms with Crippen molar-refractivity contribution in [2.75, 3.05) is 42.7 Å². The lowest BCUT2D eigenvalue weighted by atomic mass is 10.00. The van der Waals surface area contributed by atoms with Gasteiger partial charge in [-0.15, -0.1) is 0 Å². The average Bonchev–Trinajstić information content (AvgIpc) is 3.27. The minimum absolute atomic E-state index is 0.0725. The summed E-state index contributed by atoms with van der Waals surface area (Å²) in [6, 6.07) is 30.6. The van der Waals surface area contributed by atoms with Crippen LogP contribution < -0.4 is 15.5 Å². The summed E-state index contributed by atoms with van der Waals surface area (Å²) in [5.74, 6) is -0.789. The van der Waals surface area contributed by atoms with Crippen molar-refractivity contribution in [3.63, 3.8) is 0 Å². The standard InChI is InChI=1S/C32H29FN4O2/c1-36(2)19-20-37(32(39)23-11-7-4-8-12-23)26-16-14-25(15-17-26)34-30(22-9-5-3-6-10-22)29-27-18-13-24(33)21-28(27)35-31(29)38/h3-18,21,34H,19-20H2,1-2H3,(H,35,38)/b30-29-. The maximum atomic E-state index is 13.8. The molecule has 0 atom stereocenters. The Labute approximate surface area is 227 Å². The van der Waals surface area contributed by atoms with Crippen LogP contribution in [0.15, 0.2) is 103 Å². The van der Waals surface area contributed by atoms with Gasteiger partial charge in [-0.3, -0.25) is 9.59 Å². The van der Waals surface area contributed by atoms with Crippen LogP contribution in [0.25, 0.3) is 11.3 Å². The molecule has 4 aromatic rings. The third-order valence-corrected chi connectivity index (χ3v) is 6.52. The predicted molar refractivity (Wildman–Crippen MR) is 155 cm³/mol. The van der Waals surface area contributed by atoms with Gasteiger partial charge in [-0.05, 0) is 74.3 Å². The van der Waals surface area contributed by atoms with Crippen molar-refractivity contribution < 1.29 is 14.0 Å². The quantitative estimate of drug-likeness (QED) is 0.281. The number of carbonyl (C=O) groups is 2. The van der Waals surface area contributed by atoms with Crippen LogP contribution in [0.5, 0.6) is 0 Å². The fraction of sp³-hybridized carbons (Fsp3) is 0.125. The number of hydrogen-bond donors (Lipinski definition) is 2. The zero-order valence-corrected chi connectivity index (χ0v) is 21.8. The summed E-state index contributed by atoms with van der Waals surface area (Å²) >= 11 is 0. The fourth-order valence-electron chi connectivity index (χ4n) is 4.53. The van der Waals surface area contributed by atoms with Crippen LogP contribution in [0.1, 0.15) is 21.5 Å². The SMILES string of the molecule is CN(C)CCN(C(=O)c1ccccc1)c1ccc(N/C(=C2\C(=O)Nc3cc(F)ccc32)c2ccccc2)cc1. The summed E-state index contributed by atoms with van der Waals surface area (Å²) in [4.78, 5) is 30.2. The zero-order chi connectivity index (χ0) is 27.4. The molecule has 0 aliphatic carbocycles. The molecule has 0 saturated heterocycles. The number of anilines is 3. The van der Waals surface area contributed by atoms with Gasteiger partial charge in [-0.1, -0.05) is 48.5 Å². The molecule has 6 nitrogen and oxygen atoms in total. The van der Waals surface area contributed by atoms with Gasteiger partial charge in [-0.25, -0.2) is 4.39 Å². The number of nitrogens with one attached hydrogen (secondary N) is 2. The first kappa shape index (κ1) is 25.9. The van der Waals surface area contributed by atoms with Crippen molar-refractivity contribution in [1.82, 2.24) is 4.90 Å². The van der Waals surface area contributed by atoms with E-state index in [0.717, 1.165) is 16.9 Å². The van der Waals surface area contributed by atoms with E-state index in [2.05, 4.69) is 10.6 Å². The number of fused-ring (bicyclic) bond motifs is 1. The summed E-state index contributed by atoms with van der Waals surface area (Å²) in [6.45, 7) is 1.23. The molecule has 1 aliphatic heterocycles. The number of halogens is 1. The molecule has 5 rings (SSSR count). The Morgan fingerprint density at radius 3 is 2.10 bits per heavy atom. The molecule has 0 unspecified atom stereocenters. The molecular formula is C32H29FN4O2. The van der Waals surface area contributed by atoms with Crippen molar-refractivity contribution in [1.29, 1.82) is 0 Å². The van der Waals surface area contributed by atoms with Gasteiger partial charge in [-0.2, -0.15) is 0 Å². The Morgan fingerprint density at radius 2 is 1.46 bits per heavy atom. The molecule has 0 radical (unpaired) electrons. The number of benzene rings is 4. The first-order valence-corrected chi connectivity index (χ1v) is 12.7. The van der Waals surface area contributed by atoms with E-state index in [-0.39, 0.29) is 11.8 Å². The maximum absolute atomic E-state index is 13.8. The molecular weight excluding hydrogens is 491 g/mol. The van der Waals surface area contributed by atoms with E-state index in [9.17, 15) is 14.0 Å². The van der Waals surface area contributed by atoms with Gasteiger partial charge in [0, 0.05) is 35.6 Å². The average molecular weight is 521 g/mol. The minimum atomic E-state index is -0.413. The van der Waals surface area contributed by atoms with Crippen LogP contribution in [-0.2, 0) is 4.79 Å². The Kier molecular flexibility index (Phi) is 7.52. The van der Waals surface area contributed by atoms with E-state index < -0.39 is 5.82 Å². The van der Waals surface area contributed by atoms with Gasteiger partial charge < -0.3 is 20.4 Å². The Balaban J connectivity index is 1.49. The smallest absolute Gasteiger partial charge is 0.258 e. The highest BCUT2D eigenvalue weighted by Gasteiger charge is 2.29. The molecule has 0 spiro atoms. The number of rotatable bonds is 8. The molecule has 0 bridgehead atoms. The van der Waals surface area contributed by atoms with E-state index >= 15 is 0 Å².